The lowest BCUT2D eigenvalue weighted by Crippen LogP contribution is -2.30. The van der Waals surface area contributed by atoms with Crippen LogP contribution in [0, 0.1) is 0 Å². The quantitative estimate of drug-likeness (QED) is 0.711. The maximum Gasteiger partial charge on any atom is 0.220 e. The van der Waals surface area contributed by atoms with Crippen molar-refractivity contribution in [2.45, 2.75) is 18.9 Å². The van der Waals surface area contributed by atoms with Crippen molar-refractivity contribution in [3.8, 4) is 0 Å². The zero-order chi connectivity index (χ0) is 15.1. The standard InChI is InChI=1S/C17H20N2O2/c18-15-9-5-4-6-13(15)10-11-17(21)19-16(12-20)14-7-2-1-3-8-14/h1-9,16,20H,10-12,18H2,(H,19,21)/t16-/m1/s1. The number of amides is 1. The van der Waals surface area contributed by atoms with Crippen LogP contribution in [0.15, 0.2) is 54.6 Å². The average Bonchev–Trinajstić information content (AvgIpc) is 2.52. The number of hydrogen-bond acceptors (Lipinski definition) is 3. The molecular formula is C17H20N2O2. The molecule has 2 rings (SSSR count). The Hall–Kier alpha value is -2.33. The van der Waals surface area contributed by atoms with Crippen molar-refractivity contribution in [1.82, 2.24) is 5.32 Å². The van der Waals surface area contributed by atoms with Crippen LogP contribution < -0.4 is 11.1 Å². The van der Waals surface area contributed by atoms with E-state index in [1.165, 1.54) is 0 Å². The minimum atomic E-state index is -0.369. The second-order valence-electron chi connectivity index (χ2n) is 4.91. The third kappa shape index (κ3) is 4.33. The molecule has 21 heavy (non-hydrogen) atoms. The summed E-state index contributed by atoms with van der Waals surface area (Å²) in [5.41, 5.74) is 8.42. The molecule has 0 aliphatic rings. The molecule has 0 radical (unpaired) electrons. The van der Waals surface area contributed by atoms with Gasteiger partial charge in [0.1, 0.15) is 0 Å². The summed E-state index contributed by atoms with van der Waals surface area (Å²) < 4.78 is 0. The van der Waals surface area contributed by atoms with Crippen LogP contribution in [-0.2, 0) is 11.2 Å². The summed E-state index contributed by atoms with van der Waals surface area (Å²) in [7, 11) is 0. The zero-order valence-corrected chi connectivity index (χ0v) is 11.8. The molecule has 0 aliphatic heterocycles. The molecule has 0 aliphatic carbocycles. The van der Waals surface area contributed by atoms with E-state index in [0.717, 1.165) is 11.1 Å². The van der Waals surface area contributed by atoms with E-state index in [2.05, 4.69) is 5.32 Å². The highest BCUT2D eigenvalue weighted by Crippen LogP contribution is 2.14. The Kier molecular flexibility index (Phi) is 5.35. The summed E-state index contributed by atoms with van der Waals surface area (Å²) in [5, 5.41) is 12.3. The van der Waals surface area contributed by atoms with Gasteiger partial charge in [0.15, 0.2) is 0 Å². The molecule has 2 aromatic rings. The van der Waals surface area contributed by atoms with E-state index in [9.17, 15) is 9.90 Å². The zero-order valence-electron chi connectivity index (χ0n) is 11.8. The number of rotatable bonds is 6. The molecule has 0 spiro atoms. The van der Waals surface area contributed by atoms with Crippen LogP contribution in [0.25, 0.3) is 0 Å². The van der Waals surface area contributed by atoms with Crippen LogP contribution in [-0.4, -0.2) is 17.6 Å². The molecule has 0 unspecified atom stereocenters. The number of aliphatic hydroxyl groups is 1. The maximum atomic E-state index is 12.0. The second kappa shape index (κ2) is 7.45. The Morgan fingerprint density at radius 3 is 2.43 bits per heavy atom. The third-order valence-corrected chi connectivity index (χ3v) is 3.40. The number of benzene rings is 2. The van der Waals surface area contributed by atoms with Crippen molar-refractivity contribution in [2.75, 3.05) is 12.3 Å². The fraction of sp³-hybridized carbons (Fsp3) is 0.235. The second-order valence-corrected chi connectivity index (χ2v) is 4.91. The molecule has 4 nitrogen and oxygen atoms in total. The lowest BCUT2D eigenvalue weighted by Gasteiger charge is -2.16. The van der Waals surface area contributed by atoms with Gasteiger partial charge in [-0.3, -0.25) is 4.79 Å². The molecule has 0 aromatic heterocycles. The normalized spacial score (nSPS) is 11.9. The summed E-state index contributed by atoms with van der Waals surface area (Å²) >= 11 is 0. The first-order valence-corrected chi connectivity index (χ1v) is 6.99. The van der Waals surface area contributed by atoms with E-state index in [-0.39, 0.29) is 18.6 Å². The molecular weight excluding hydrogens is 264 g/mol. The summed E-state index contributed by atoms with van der Waals surface area (Å²) in [6.45, 7) is -0.122. The summed E-state index contributed by atoms with van der Waals surface area (Å²) in [5.74, 6) is -0.0962. The van der Waals surface area contributed by atoms with Gasteiger partial charge in [-0.1, -0.05) is 48.5 Å². The van der Waals surface area contributed by atoms with Crippen LogP contribution in [0.3, 0.4) is 0 Å². The summed E-state index contributed by atoms with van der Waals surface area (Å²) in [6.07, 6.45) is 0.934. The highest BCUT2D eigenvalue weighted by Gasteiger charge is 2.13. The highest BCUT2D eigenvalue weighted by molar-refractivity contribution is 5.77. The predicted octanol–water partition coefficient (Wildman–Crippen LogP) is 2.05. The Morgan fingerprint density at radius 1 is 1.10 bits per heavy atom. The van der Waals surface area contributed by atoms with Crippen LogP contribution in [0.5, 0.6) is 0 Å². The Balaban J connectivity index is 1.90. The minimum absolute atomic E-state index is 0.0962. The first kappa shape index (κ1) is 15.1. The summed E-state index contributed by atoms with van der Waals surface area (Å²) in [4.78, 5) is 12.0. The van der Waals surface area contributed by atoms with Gasteiger partial charge in [-0.05, 0) is 23.6 Å². The number of nitrogens with one attached hydrogen (secondary N) is 1. The molecule has 2 aromatic carbocycles. The van der Waals surface area contributed by atoms with Gasteiger partial charge in [0.2, 0.25) is 5.91 Å². The largest absolute Gasteiger partial charge is 0.399 e. The van der Waals surface area contributed by atoms with Gasteiger partial charge in [0, 0.05) is 12.1 Å². The SMILES string of the molecule is Nc1ccccc1CCC(=O)N[C@H](CO)c1ccccc1. The molecule has 0 bridgehead atoms. The first-order valence-electron chi connectivity index (χ1n) is 6.99. The molecule has 0 heterocycles. The van der Waals surface area contributed by atoms with E-state index >= 15 is 0 Å². The van der Waals surface area contributed by atoms with E-state index in [1.54, 1.807) is 0 Å². The Labute approximate surface area is 124 Å². The molecule has 0 saturated heterocycles. The number of anilines is 1. The smallest absolute Gasteiger partial charge is 0.220 e. The topological polar surface area (TPSA) is 75.4 Å². The number of nitrogens with two attached hydrogens (primary N) is 1. The van der Waals surface area contributed by atoms with Gasteiger partial charge in [-0.15, -0.1) is 0 Å². The number of nitrogen functional groups attached to an aromatic ring is 1. The fourth-order valence-corrected chi connectivity index (χ4v) is 2.20. The van der Waals surface area contributed by atoms with E-state index in [1.807, 2.05) is 54.6 Å². The van der Waals surface area contributed by atoms with Crippen molar-refractivity contribution in [2.24, 2.45) is 0 Å². The van der Waals surface area contributed by atoms with Crippen molar-refractivity contribution in [3.05, 3.63) is 65.7 Å². The molecule has 4 N–H and O–H groups in total. The number of aryl methyl sites for hydroxylation is 1. The highest BCUT2D eigenvalue weighted by atomic mass is 16.3. The van der Waals surface area contributed by atoms with Gasteiger partial charge in [0.25, 0.3) is 0 Å². The van der Waals surface area contributed by atoms with Crippen molar-refractivity contribution in [1.29, 1.82) is 0 Å². The Bertz CT molecular complexity index is 584. The van der Waals surface area contributed by atoms with Gasteiger partial charge >= 0.3 is 0 Å². The van der Waals surface area contributed by atoms with Crippen LogP contribution in [0.1, 0.15) is 23.6 Å². The van der Waals surface area contributed by atoms with Crippen LogP contribution >= 0.6 is 0 Å². The monoisotopic (exact) mass is 284 g/mol. The van der Waals surface area contributed by atoms with Crippen molar-refractivity contribution in [3.63, 3.8) is 0 Å². The number of carbonyl (C=O) groups excluding carboxylic acids is 1. The molecule has 110 valence electrons. The van der Waals surface area contributed by atoms with Crippen LogP contribution in [0.4, 0.5) is 5.69 Å². The van der Waals surface area contributed by atoms with Gasteiger partial charge in [-0.2, -0.15) is 0 Å². The third-order valence-electron chi connectivity index (χ3n) is 3.40. The maximum absolute atomic E-state index is 12.0. The lowest BCUT2D eigenvalue weighted by molar-refractivity contribution is -0.122. The number of aliphatic hydroxyl groups excluding tert-OH is 1. The first-order chi connectivity index (χ1) is 10.2. The molecule has 4 heteroatoms. The fourth-order valence-electron chi connectivity index (χ4n) is 2.20. The van der Waals surface area contributed by atoms with E-state index in [4.69, 9.17) is 5.73 Å². The Morgan fingerprint density at radius 2 is 1.76 bits per heavy atom. The lowest BCUT2D eigenvalue weighted by atomic mass is 10.1. The van der Waals surface area contributed by atoms with E-state index < -0.39 is 0 Å². The van der Waals surface area contributed by atoms with Gasteiger partial charge < -0.3 is 16.2 Å². The van der Waals surface area contributed by atoms with Crippen molar-refractivity contribution < 1.29 is 9.90 Å². The minimum Gasteiger partial charge on any atom is -0.399 e. The van der Waals surface area contributed by atoms with Gasteiger partial charge in [0.05, 0.1) is 12.6 Å². The molecule has 0 fully saturated rings. The van der Waals surface area contributed by atoms with Crippen molar-refractivity contribution >= 4 is 11.6 Å². The number of carbonyl (C=O) groups is 1. The molecule has 1 amide bonds. The number of hydrogen-bond donors (Lipinski definition) is 3. The molecule has 1 atom stereocenters. The van der Waals surface area contributed by atoms with Crippen LogP contribution in [0.2, 0.25) is 0 Å². The van der Waals surface area contributed by atoms with E-state index in [0.29, 0.717) is 18.5 Å². The van der Waals surface area contributed by atoms with Gasteiger partial charge in [-0.25, -0.2) is 0 Å². The molecule has 0 saturated carbocycles. The average molecular weight is 284 g/mol. The summed E-state index contributed by atoms with van der Waals surface area (Å²) in [6, 6.07) is 16.6. The predicted molar refractivity (Wildman–Crippen MR) is 83.6 cm³/mol. The number of para-hydroxylation sites is 1.